The van der Waals surface area contributed by atoms with Gasteiger partial charge in [0.15, 0.2) is 0 Å². The van der Waals surface area contributed by atoms with Crippen molar-refractivity contribution < 1.29 is 4.21 Å². The zero-order valence-electron chi connectivity index (χ0n) is 10.7. The van der Waals surface area contributed by atoms with E-state index in [2.05, 4.69) is 16.5 Å². The molecule has 2 heterocycles. The fourth-order valence-corrected chi connectivity index (χ4v) is 3.37. The van der Waals surface area contributed by atoms with E-state index in [1.807, 2.05) is 36.4 Å². The second-order valence-corrected chi connectivity index (χ2v) is 5.73. The van der Waals surface area contributed by atoms with E-state index in [1.54, 1.807) is 28.8 Å². The van der Waals surface area contributed by atoms with Crippen molar-refractivity contribution in [1.29, 1.82) is 0 Å². The van der Waals surface area contributed by atoms with Gasteiger partial charge in [0.2, 0.25) is 0 Å². The molecule has 0 fully saturated rings. The molecule has 3 aromatic rings. The lowest BCUT2D eigenvalue weighted by atomic mass is 10.1. The van der Waals surface area contributed by atoms with Gasteiger partial charge in [0.05, 0.1) is 17.0 Å². The first-order valence-corrected chi connectivity index (χ1v) is 7.34. The van der Waals surface area contributed by atoms with Crippen LogP contribution in [0.4, 0.5) is 0 Å². The summed E-state index contributed by atoms with van der Waals surface area (Å²) in [4.78, 5) is 8.24. The van der Waals surface area contributed by atoms with Gasteiger partial charge in [-0.3, -0.25) is 4.98 Å². The zero-order chi connectivity index (χ0) is 13.9. The standard InChI is InChI=1S/C15H13N3OS/c1-2-15(12-6-4-3-5-7-12)20(19)18-11-17-13-10-16-9-8-14(13)18/h2-11,15H,1H2. The Morgan fingerprint density at radius 2 is 2.05 bits per heavy atom. The average Bonchev–Trinajstić information content (AvgIpc) is 2.93. The molecule has 20 heavy (non-hydrogen) atoms. The molecule has 1 aromatic carbocycles. The van der Waals surface area contributed by atoms with Crippen molar-refractivity contribution in [3.63, 3.8) is 0 Å². The summed E-state index contributed by atoms with van der Waals surface area (Å²) < 4.78 is 14.5. The van der Waals surface area contributed by atoms with E-state index in [-0.39, 0.29) is 5.25 Å². The highest BCUT2D eigenvalue weighted by Crippen LogP contribution is 2.24. The third kappa shape index (κ3) is 2.16. The first kappa shape index (κ1) is 12.7. The number of hydrogen-bond acceptors (Lipinski definition) is 3. The molecule has 0 spiro atoms. The highest BCUT2D eigenvalue weighted by molar-refractivity contribution is 7.84. The number of rotatable bonds is 4. The Morgan fingerprint density at radius 1 is 1.25 bits per heavy atom. The van der Waals surface area contributed by atoms with Crippen LogP contribution < -0.4 is 0 Å². The first-order chi connectivity index (χ1) is 9.81. The summed E-state index contributed by atoms with van der Waals surface area (Å²) in [5.41, 5.74) is 2.51. The topological polar surface area (TPSA) is 47.8 Å². The fourth-order valence-electron chi connectivity index (χ4n) is 2.08. The number of imidazole rings is 1. The van der Waals surface area contributed by atoms with Crippen LogP contribution in [0, 0.1) is 0 Å². The summed E-state index contributed by atoms with van der Waals surface area (Å²) in [7, 11) is -1.31. The Labute approximate surface area is 119 Å². The molecule has 0 aliphatic carbocycles. The van der Waals surface area contributed by atoms with Gasteiger partial charge in [-0.15, -0.1) is 6.58 Å². The average molecular weight is 283 g/mol. The molecule has 0 aliphatic heterocycles. The van der Waals surface area contributed by atoms with Gasteiger partial charge in [-0.2, -0.15) is 0 Å². The molecule has 5 heteroatoms. The summed E-state index contributed by atoms with van der Waals surface area (Å²) in [6.07, 6.45) is 6.62. The maximum atomic E-state index is 12.8. The van der Waals surface area contributed by atoms with Gasteiger partial charge in [-0.25, -0.2) is 13.2 Å². The Morgan fingerprint density at radius 3 is 2.80 bits per heavy atom. The van der Waals surface area contributed by atoms with Crippen LogP contribution in [0.3, 0.4) is 0 Å². The van der Waals surface area contributed by atoms with Gasteiger partial charge < -0.3 is 0 Å². The van der Waals surface area contributed by atoms with E-state index in [0.717, 1.165) is 16.6 Å². The Hall–Kier alpha value is -2.27. The van der Waals surface area contributed by atoms with Crippen molar-refractivity contribution in [1.82, 2.24) is 13.9 Å². The number of nitrogens with zero attached hydrogens (tertiary/aromatic N) is 3. The van der Waals surface area contributed by atoms with Crippen LogP contribution in [0.1, 0.15) is 10.8 Å². The molecule has 0 N–H and O–H groups in total. The van der Waals surface area contributed by atoms with Crippen LogP contribution >= 0.6 is 0 Å². The van der Waals surface area contributed by atoms with E-state index < -0.39 is 11.0 Å². The van der Waals surface area contributed by atoms with Crippen LogP contribution in [0.15, 0.2) is 67.8 Å². The Bertz CT molecular complexity index is 767. The lowest BCUT2D eigenvalue weighted by Crippen LogP contribution is -2.11. The van der Waals surface area contributed by atoms with Gasteiger partial charge in [0, 0.05) is 6.20 Å². The minimum Gasteiger partial charge on any atom is -0.262 e. The van der Waals surface area contributed by atoms with Crippen molar-refractivity contribution in [2.45, 2.75) is 5.25 Å². The van der Waals surface area contributed by atoms with Crippen LogP contribution in [0.5, 0.6) is 0 Å². The molecule has 0 saturated heterocycles. The summed E-state index contributed by atoms with van der Waals surface area (Å²) in [6.45, 7) is 3.81. The molecule has 0 amide bonds. The number of hydrogen-bond donors (Lipinski definition) is 0. The van der Waals surface area contributed by atoms with Crippen molar-refractivity contribution in [3.05, 3.63) is 73.3 Å². The highest BCUT2D eigenvalue weighted by atomic mass is 32.2. The number of benzene rings is 1. The van der Waals surface area contributed by atoms with E-state index >= 15 is 0 Å². The molecule has 0 saturated carbocycles. The molecule has 2 atom stereocenters. The van der Waals surface area contributed by atoms with Crippen molar-refractivity contribution in [2.75, 3.05) is 0 Å². The third-order valence-electron chi connectivity index (χ3n) is 3.07. The molecule has 2 aromatic heterocycles. The lowest BCUT2D eigenvalue weighted by molar-refractivity contribution is 0.674. The van der Waals surface area contributed by atoms with E-state index in [9.17, 15) is 4.21 Å². The zero-order valence-corrected chi connectivity index (χ0v) is 11.5. The lowest BCUT2D eigenvalue weighted by Gasteiger charge is -2.13. The number of aromatic nitrogens is 3. The predicted molar refractivity (Wildman–Crippen MR) is 80.4 cm³/mol. The first-order valence-electron chi connectivity index (χ1n) is 6.17. The van der Waals surface area contributed by atoms with Gasteiger partial charge in [0.25, 0.3) is 0 Å². The molecule has 0 radical (unpaired) electrons. The predicted octanol–water partition coefficient (Wildman–Crippen LogP) is 2.87. The Balaban J connectivity index is 2.05. The van der Waals surface area contributed by atoms with Gasteiger partial charge in [-0.1, -0.05) is 36.4 Å². The molecule has 2 unspecified atom stereocenters. The second-order valence-electron chi connectivity index (χ2n) is 4.28. The van der Waals surface area contributed by atoms with Crippen LogP contribution in [-0.2, 0) is 11.0 Å². The van der Waals surface area contributed by atoms with Gasteiger partial charge in [0.1, 0.15) is 22.8 Å². The molecule has 4 nitrogen and oxygen atoms in total. The van der Waals surface area contributed by atoms with Gasteiger partial charge >= 0.3 is 0 Å². The summed E-state index contributed by atoms with van der Waals surface area (Å²) >= 11 is 0. The van der Waals surface area contributed by atoms with Crippen LogP contribution in [0.2, 0.25) is 0 Å². The minimum absolute atomic E-state index is 0.276. The quantitative estimate of drug-likeness (QED) is 0.692. The maximum absolute atomic E-state index is 12.8. The van der Waals surface area contributed by atoms with Crippen molar-refractivity contribution in [2.24, 2.45) is 0 Å². The van der Waals surface area contributed by atoms with E-state index in [1.165, 1.54) is 0 Å². The van der Waals surface area contributed by atoms with Crippen molar-refractivity contribution in [3.8, 4) is 0 Å². The van der Waals surface area contributed by atoms with Gasteiger partial charge in [-0.05, 0) is 11.6 Å². The summed E-state index contributed by atoms with van der Waals surface area (Å²) in [5, 5.41) is -0.276. The Kier molecular flexibility index (Phi) is 3.43. The van der Waals surface area contributed by atoms with E-state index in [4.69, 9.17) is 0 Å². The smallest absolute Gasteiger partial charge is 0.136 e. The fraction of sp³-hybridized carbons (Fsp3) is 0.0667. The monoisotopic (exact) mass is 283 g/mol. The third-order valence-corrected chi connectivity index (χ3v) is 4.65. The molecule has 0 aliphatic rings. The molecular weight excluding hydrogens is 270 g/mol. The largest absolute Gasteiger partial charge is 0.262 e. The highest BCUT2D eigenvalue weighted by Gasteiger charge is 2.19. The molecule has 100 valence electrons. The van der Waals surface area contributed by atoms with Crippen molar-refractivity contribution >= 4 is 22.0 Å². The minimum atomic E-state index is -1.31. The number of fused-ring (bicyclic) bond motifs is 1. The van der Waals surface area contributed by atoms with Crippen LogP contribution in [0.25, 0.3) is 11.0 Å². The normalized spacial score (nSPS) is 14.0. The second kappa shape index (κ2) is 5.38. The van der Waals surface area contributed by atoms with E-state index in [0.29, 0.717) is 0 Å². The molecular formula is C15H13N3OS. The number of pyridine rings is 1. The molecule has 0 bridgehead atoms. The summed E-state index contributed by atoms with van der Waals surface area (Å²) in [5.74, 6) is 0. The van der Waals surface area contributed by atoms with Crippen LogP contribution in [-0.4, -0.2) is 18.1 Å². The summed E-state index contributed by atoms with van der Waals surface area (Å²) in [6, 6.07) is 11.5. The maximum Gasteiger partial charge on any atom is 0.136 e. The SMILES string of the molecule is C=CC(c1ccccc1)S(=O)n1cnc2cnccc21. The molecule has 3 rings (SSSR count).